The molecule has 0 aliphatic rings. The Morgan fingerprint density at radius 1 is 1.53 bits per heavy atom. The number of aryl methyl sites for hydroxylation is 1. The summed E-state index contributed by atoms with van der Waals surface area (Å²) < 4.78 is 7.16. The second-order valence-electron chi connectivity index (χ2n) is 3.92. The Labute approximate surface area is 91.7 Å². The maximum atomic E-state index is 5.07. The van der Waals surface area contributed by atoms with Gasteiger partial charge >= 0.3 is 0 Å². The molecule has 1 unspecified atom stereocenters. The maximum absolute atomic E-state index is 5.07. The smallest absolute Gasteiger partial charge is 0.0945 e. The Bertz CT molecular complexity index is 236. The van der Waals surface area contributed by atoms with Crippen LogP contribution in [0.3, 0.4) is 0 Å². The fraction of sp³-hybridized carbons (Fsp3) is 0.727. The molecule has 1 aromatic heterocycles. The van der Waals surface area contributed by atoms with Crippen LogP contribution < -0.4 is 5.32 Å². The summed E-state index contributed by atoms with van der Waals surface area (Å²) in [7, 11) is 1.75. The zero-order valence-corrected chi connectivity index (χ0v) is 9.65. The van der Waals surface area contributed by atoms with E-state index in [1.165, 1.54) is 0 Å². The Morgan fingerprint density at radius 2 is 2.40 bits per heavy atom. The molecule has 0 amide bonds. The summed E-state index contributed by atoms with van der Waals surface area (Å²) in [6.45, 7) is 6.12. The molecule has 86 valence electrons. The lowest BCUT2D eigenvalue weighted by Crippen LogP contribution is -2.25. The third-order valence-electron chi connectivity index (χ3n) is 2.27. The molecule has 1 rings (SSSR count). The summed E-state index contributed by atoms with van der Waals surface area (Å²) in [5.74, 6) is 0.586. The van der Waals surface area contributed by atoms with Gasteiger partial charge in [-0.05, 0) is 25.4 Å². The number of nitrogens with one attached hydrogen (secondary N) is 1. The van der Waals surface area contributed by atoms with Crippen LogP contribution in [0.25, 0.3) is 0 Å². The normalized spacial score (nSPS) is 12.9. The van der Waals surface area contributed by atoms with Crippen molar-refractivity contribution in [2.75, 3.05) is 26.8 Å². The third kappa shape index (κ3) is 5.54. The van der Waals surface area contributed by atoms with Crippen LogP contribution >= 0.6 is 0 Å². The summed E-state index contributed by atoms with van der Waals surface area (Å²) >= 11 is 0. The molecule has 0 aliphatic heterocycles. The largest absolute Gasteiger partial charge is 0.384 e. The van der Waals surface area contributed by atoms with Crippen molar-refractivity contribution in [3.8, 4) is 0 Å². The van der Waals surface area contributed by atoms with Gasteiger partial charge in [-0.15, -0.1) is 0 Å². The number of nitrogens with zero attached hydrogens (tertiary/aromatic N) is 2. The molecule has 0 saturated carbocycles. The molecule has 0 aromatic carbocycles. The van der Waals surface area contributed by atoms with E-state index in [1.807, 2.05) is 18.7 Å². The van der Waals surface area contributed by atoms with Crippen LogP contribution in [0.15, 0.2) is 18.7 Å². The molecule has 0 bridgehead atoms. The van der Waals surface area contributed by atoms with Crippen LogP contribution in [0, 0.1) is 5.92 Å². The first kappa shape index (κ1) is 12.2. The van der Waals surface area contributed by atoms with E-state index in [1.54, 1.807) is 7.11 Å². The average molecular weight is 211 g/mol. The van der Waals surface area contributed by atoms with Crippen LogP contribution in [-0.2, 0) is 11.3 Å². The van der Waals surface area contributed by atoms with Crippen LogP contribution in [-0.4, -0.2) is 36.4 Å². The summed E-state index contributed by atoms with van der Waals surface area (Å²) in [4.78, 5) is 4.00. The summed E-state index contributed by atoms with van der Waals surface area (Å²) in [5, 5.41) is 3.42. The molecule has 15 heavy (non-hydrogen) atoms. The van der Waals surface area contributed by atoms with E-state index < -0.39 is 0 Å². The number of aromatic nitrogens is 2. The van der Waals surface area contributed by atoms with E-state index in [9.17, 15) is 0 Å². The lowest BCUT2D eigenvalue weighted by atomic mass is 10.2. The van der Waals surface area contributed by atoms with Gasteiger partial charge in [0.1, 0.15) is 0 Å². The standard InChI is InChI=1S/C11H21N3O/c1-11(9-15-2)8-12-4-3-6-14-7-5-13-10-14/h5,7,10-12H,3-4,6,8-9H2,1-2H3. The van der Waals surface area contributed by atoms with Gasteiger partial charge in [0.15, 0.2) is 0 Å². The van der Waals surface area contributed by atoms with Crippen LogP contribution in [0.4, 0.5) is 0 Å². The van der Waals surface area contributed by atoms with Gasteiger partial charge in [0, 0.05) is 32.7 Å². The number of methoxy groups -OCH3 is 1. The minimum absolute atomic E-state index is 0.586. The van der Waals surface area contributed by atoms with Gasteiger partial charge < -0.3 is 14.6 Å². The minimum Gasteiger partial charge on any atom is -0.384 e. The van der Waals surface area contributed by atoms with E-state index >= 15 is 0 Å². The predicted molar refractivity (Wildman–Crippen MR) is 60.8 cm³/mol. The summed E-state index contributed by atoms with van der Waals surface area (Å²) in [6, 6.07) is 0. The summed E-state index contributed by atoms with van der Waals surface area (Å²) in [5.41, 5.74) is 0. The Morgan fingerprint density at radius 3 is 3.07 bits per heavy atom. The fourth-order valence-corrected chi connectivity index (χ4v) is 1.50. The second kappa shape index (κ2) is 7.43. The first-order valence-corrected chi connectivity index (χ1v) is 5.48. The van der Waals surface area contributed by atoms with Crippen molar-refractivity contribution in [1.82, 2.24) is 14.9 Å². The first-order valence-electron chi connectivity index (χ1n) is 5.48. The van der Waals surface area contributed by atoms with Crippen molar-refractivity contribution in [1.29, 1.82) is 0 Å². The quantitative estimate of drug-likeness (QED) is 0.656. The van der Waals surface area contributed by atoms with E-state index in [4.69, 9.17) is 4.74 Å². The van der Waals surface area contributed by atoms with Crippen molar-refractivity contribution in [2.45, 2.75) is 19.9 Å². The van der Waals surface area contributed by atoms with E-state index in [0.29, 0.717) is 5.92 Å². The monoisotopic (exact) mass is 211 g/mol. The summed E-state index contributed by atoms with van der Waals surface area (Å²) in [6.07, 6.45) is 6.80. The van der Waals surface area contributed by atoms with Crippen LogP contribution in [0.1, 0.15) is 13.3 Å². The molecular weight excluding hydrogens is 190 g/mol. The molecule has 4 heteroatoms. The number of hydrogen-bond acceptors (Lipinski definition) is 3. The lowest BCUT2D eigenvalue weighted by Gasteiger charge is -2.11. The van der Waals surface area contributed by atoms with Crippen molar-refractivity contribution >= 4 is 0 Å². The molecular formula is C11H21N3O. The lowest BCUT2D eigenvalue weighted by molar-refractivity contribution is 0.158. The highest BCUT2D eigenvalue weighted by atomic mass is 16.5. The maximum Gasteiger partial charge on any atom is 0.0945 e. The molecule has 1 aromatic rings. The SMILES string of the molecule is COCC(C)CNCCCn1ccnc1. The van der Waals surface area contributed by atoms with E-state index in [0.717, 1.165) is 32.7 Å². The predicted octanol–water partition coefficient (Wildman–Crippen LogP) is 1.15. The van der Waals surface area contributed by atoms with Gasteiger partial charge in [-0.2, -0.15) is 0 Å². The van der Waals surface area contributed by atoms with Crippen molar-refractivity contribution < 1.29 is 4.74 Å². The third-order valence-corrected chi connectivity index (χ3v) is 2.27. The molecule has 0 saturated heterocycles. The zero-order chi connectivity index (χ0) is 10.9. The van der Waals surface area contributed by atoms with Crippen LogP contribution in [0.2, 0.25) is 0 Å². The molecule has 1 heterocycles. The van der Waals surface area contributed by atoms with Gasteiger partial charge in [0.2, 0.25) is 0 Å². The molecule has 1 N–H and O–H groups in total. The van der Waals surface area contributed by atoms with Gasteiger partial charge in [-0.3, -0.25) is 0 Å². The fourth-order valence-electron chi connectivity index (χ4n) is 1.50. The molecule has 0 fully saturated rings. The molecule has 0 aliphatic carbocycles. The molecule has 0 radical (unpaired) electrons. The van der Waals surface area contributed by atoms with Crippen LogP contribution in [0.5, 0.6) is 0 Å². The van der Waals surface area contributed by atoms with Crippen molar-refractivity contribution in [3.63, 3.8) is 0 Å². The number of hydrogen-bond donors (Lipinski definition) is 1. The highest BCUT2D eigenvalue weighted by Crippen LogP contribution is 1.93. The van der Waals surface area contributed by atoms with Gasteiger partial charge in [0.05, 0.1) is 6.33 Å². The Kier molecular flexibility index (Phi) is 6.04. The van der Waals surface area contributed by atoms with Gasteiger partial charge in [-0.1, -0.05) is 6.92 Å². The topological polar surface area (TPSA) is 39.1 Å². The number of imidazole rings is 1. The Balaban J connectivity index is 1.93. The van der Waals surface area contributed by atoms with Gasteiger partial charge in [-0.25, -0.2) is 4.98 Å². The average Bonchev–Trinajstić information content (AvgIpc) is 2.70. The van der Waals surface area contributed by atoms with E-state index in [-0.39, 0.29) is 0 Å². The molecule has 0 spiro atoms. The highest BCUT2D eigenvalue weighted by molar-refractivity contribution is 4.73. The number of ether oxygens (including phenoxy) is 1. The molecule has 4 nitrogen and oxygen atoms in total. The highest BCUT2D eigenvalue weighted by Gasteiger charge is 1.99. The van der Waals surface area contributed by atoms with Crippen molar-refractivity contribution in [2.24, 2.45) is 5.92 Å². The van der Waals surface area contributed by atoms with Crippen molar-refractivity contribution in [3.05, 3.63) is 18.7 Å². The Hall–Kier alpha value is -0.870. The first-order chi connectivity index (χ1) is 7.33. The van der Waals surface area contributed by atoms with E-state index in [2.05, 4.69) is 21.8 Å². The number of rotatable bonds is 8. The zero-order valence-electron chi connectivity index (χ0n) is 9.65. The minimum atomic E-state index is 0.586. The van der Waals surface area contributed by atoms with Gasteiger partial charge in [0.25, 0.3) is 0 Å². The molecule has 1 atom stereocenters. The second-order valence-corrected chi connectivity index (χ2v) is 3.92.